The van der Waals surface area contributed by atoms with E-state index in [0.717, 1.165) is 48.3 Å². The monoisotopic (exact) mass is 382 g/mol. The minimum absolute atomic E-state index is 0.205. The number of aromatic nitrogens is 2. The van der Waals surface area contributed by atoms with Gasteiger partial charge in [0.1, 0.15) is 5.75 Å². The number of aryl methyl sites for hydroxylation is 1. The molecule has 1 aromatic heterocycles. The van der Waals surface area contributed by atoms with E-state index in [-0.39, 0.29) is 23.8 Å². The first-order chi connectivity index (χ1) is 13.5. The first-order valence-electron chi connectivity index (χ1n) is 10.2. The van der Waals surface area contributed by atoms with E-state index in [1.807, 2.05) is 25.2 Å². The van der Waals surface area contributed by atoms with Crippen molar-refractivity contribution in [1.82, 2.24) is 20.4 Å². The van der Waals surface area contributed by atoms with Crippen molar-refractivity contribution in [1.29, 1.82) is 0 Å². The molecule has 2 aliphatic heterocycles. The molecule has 1 aromatic carbocycles. The van der Waals surface area contributed by atoms with Crippen LogP contribution in [0.25, 0.3) is 10.9 Å². The van der Waals surface area contributed by atoms with Crippen LogP contribution in [0.1, 0.15) is 50.1 Å². The molecule has 3 aliphatic rings. The molecule has 7 heteroatoms. The Morgan fingerprint density at radius 2 is 1.96 bits per heavy atom. The molecule has 1 spiro atoms. The van der Waals surface area contributed by atoms with Crippen LogP contribution in [0, 0.1) is 5.41 Å². The number of piperidine rings is 1. The summed E-state index contributed by atoms with van der Waals surface area (Å²) >= 11 is 0. The molecule has 0 radical (unpaired) electrons. The van der Waals surface area contributed by atoms with Crippen molar-refractivity contribution >= 4 is 22.7 Å². The van der Waals surface area contributed by atoms with Gasteiger partial charge >= 0.3 is 0 Å². The smallest absolute Gasteiger partial charge is 0.235 e. The van der Waals surface area contributed by atoms with Crippen LogP contribution in [-0.2, 0) is 16.6 Å². The number of fused-ring (bicyclic) bond motifs is 1. The van der Waals surface area contributed by atoms with Crippen LogP contribution < -0.4 is 15.4 Å². The van der Waals surface area contributed by atoms with E-state index in [9.17, 15) is 9.59 Å². The number of imide groups is 1. The minimum atomic E-state index is -0.376. The Morgan fingerprint density at radius 1 is 1.18 bits per heavy atom. The zero-order chi connectivity index (χ0) is 19.3. The highest BCUT2D eigenvalue weighted by molar-refractivity contribution is 6.02. The van der Waals surface area contributed by atoms with Crippen molar-refractivity contribution in [2.24, 2.45) is 12.5 Å². The molecule has 2 amide bonds. The van der Waals surface area contributed by atoms with E-state index in [1.54, 1.807) is 4.68 Å². The topological polar surface area (TPSA) is 85.2 Å². The Labute approximate surface area is 163 Å². The molecule has 5 rings (SSSR count). The van der Waals surface area contributed by atoms with Crippen LogP contribution in [0.3, 0.4) is 0 Å². The van der Waals surface area contributed by atoms with E-state index >= 15 is 0 Å². The third-order valence-corrected chi connectivity index (χ3v) is 6.72. The molecule has 3 fully saturated rings. The van der Waals surface area contributed by atoms with Crippen molar-refractivity contribution in [2.75, 3.05) is 13.1 Å². The van der Waals surface area contributed by atoms with E-state index in [1.165, 1.54) is 12.8 Å². The largest absolute Gasteiger partial charge is 0.490 e. The second kappa shape index (κ2) is 6.58. The summed E-state index contributed by atoms with van der Waals surface area (Å²) in [6.45, 7) is 2.31. The highest BCUT2D eigenvalue weighted by Crippen LogP contribution is 2.40. The number of carbonyl (C=O) groups excluding carboxylic acids is 2. The molecular formula is C21H26N4O3. The molecule has 1 unspecified atom stereocenters. The second-order valence-corrected chi connectivity index (χ2v) is 8.61. The number of amides is 2. The molecule has 0 bridgehead atoms. The molecule has 1 atom stereocenters. The third-order valence-electron chi connectivity index (χ3n) is 6.72. The normalized spacial score (nSPS) is 25.0. The lowest BCUT2D eigenvalue weighted by atomic mass is 9.69. The van der Waals surface area contributed by atoms with Gasteiger partial charge in [0.2, 0.25) is 11.8 Å². The van der Waals surface area contributed by atoms with Gasteiger partial charge in [0.25, 0.3) is 0 Å². The van der Waals surface area contributed by atoms with Crippen molar-refractivity contribution in [3.8, 4) is 5.75 Å². The number of nitrogens with one attached hydrogen (secondary N) is 2. The first-order valence-corrected chi connectivity index (χ1v) is 10.2. The van der Waals surface area contributed by atoms with E-state index in [0.29, 0.717) is 18.3 Å². The Bertz CT molecular complexity index is 937. The van der Waals surface area contributed by atoms with Crippen molar-refractivity contribution in [3.63, 3.8) is 0 Å². The number of ether oxygens (including phenoxy) is 1. The molecule has 2 N–H and O–H groups in total. The summed E-state index contributed by atoms with van der Waals surface area (Å²) in [7, 11) is 1.88. The van der Waals surface area contributed by atoms with Gasteiger partial charge in [-0.3, -0.25) is 19.6 Å². The summed E-state index contributed by atoms with van der Waals surface area (Å²) in [5.41, 5.74) is 2.22. The molecule has 1 aliphatic carbocycles. The van der Waals surface area contributed by atoms with Crippen LogP contribution in [0.5, 0.6) is 5.75 Å². The fourth-order valence-corrected chi connectivity index (χ4v) is 4.90. The SMILES string of the molecule is Cn1nc(C2CCC(=O)NC2=O)c2ccc(OC3CCC4(CC3)CNC4)cc21. The Balaban J connectivity index is 1.34. The number of rotatable bonds is 3. The van der Waals surface area contributed by atoms with Crippen LogP contribution in [0.15, 0.2) is 18.2 Å². The van der Waals surface area contributed by atoms with Gasteiger partial charge in [-0.25, -0.2) is 0 Å². The highest BCUT2D eigenvalue weighted by Gasteiger charge is 2.40. The maximum absolute atomic E-state index is 12.3. The average Bonchev–Trinajstić information content (AvgIpc) is 2.97. The Morgan fingerprint density at radius 3 is 2.64 bits per heavy atom. The predicted octanol–water partition coefficient (Wildman–Crippen LogP) is 2.00. The van der Waals surface area contributed by atoms with Gasteiger partial charge in [-0.05, 0) is 49.7 Å². The standard InChI is InChI=1S/C21H26N4O3/c1-25-17-10-14(28-13-6-8-21(9-7-13)11-22-12-21)2-3-15(17)19(24-25)16-4-5-18(26)23-20(16)27/h2-3,10,13,16,22H,4-9,11-12H2,1H3,(H,23,26,27). The number of benzene rings is 1. The Hall–Kier alpha value is -2.41. The fourth-order valence-electron chi connectivity index (χ4n) is 4.90. The number of nitrogens with zero attached hydrogens (tertiary/aromatic N) is 2. The van der Waals surface area contributed by atoms with Crippen LogP contribution in [-0.4, -0.2) is 40.8 Å². The van der Waals surface area contributed by atoms with Gasteiger partial charge in [0.15, 0.2) is 0 Å². The van der Waals surface area contributed by atoms with Gasteiger partial charge in [-0.1, -0.05) is 0 Å². The molecule has 7 nitrogen and oxygen atoms in total. The molecule has 2 saturated heterocycles. The first kappa shape index (κ1) is 17.7. The van der Waals surface area contributed by atoms with Crippen molar-refractivity contribution in [3.05, 3.63) is 23.9 Å². The third kappa shape index (κ3) is 2.98. The fraction of sp³-hybridized carbons (Fsp3) is 0.571. The number of carbonyl (C=O) groups is 2. The lowest BCUT2D eigenvalue weighted by molar-refractivity contribution is -0.134. The summed E-state index contributed by atoms with van der Waals surface area (Å²) in [6.07, 6.45) is 5.81. The Kier molecular flexibility index (Phi) is 4.16. The van der Waals surface area contributed by atoms with Gasteiger partial charge in [-0.15, -0.1) is 0 Å². The average molecular weight is 382 g/mol. The molecule has 3 heterocycles. The maximum atomic E-state index is 12.3. The summed E-state index contributed by atoms with van der Waals surface area (Å²) < 4.78 is 8.09. The quantitative estimate of drug-likeness (QED) is 0.793. The summed E-state index contributed by atoms with van der Waals surface area (Å²) in [5, 5.41) is 11.4. The van der Waals surface area contributed by atoms with E-state index in [4.69, 9.17) is 4.74 Å². The van der Waals surface area contributed by atoms with E-state index < -0.39 is 0 Å². The molecular weight excluding hydrogens is 356 g/mol. The van der Waals surface area contributed by atoms with Crippen LogP contribution in [0.2, 0.25) is 0 Å². The number of hydrogen-bond donors (Lipinski definition) is 2. The zero-order valence-electron chi connectivity index (χ0n) is 16.2. The highest BCUT2D eigenvalue weighted by atomic mass is 16.5. The second-order valence-electron chi connectivity index (χ2n) is 8.61. The summed E-state index contributed by atoms with van der Waals surface area (Å²) in [5.74, 6) is 0.0270. The zero-order valence-corrected chi connectivity index (χ0v) is 16.2. The lowest BCUT2D eigenvalue weighted by Gasteiger charge is -2.47. The molecule has 2 aromatic rings. The van der Waals surface area contributed by atoms with Gasteiger partial charge < -0.3 is 10.1 Å². The van der Waals surface area contributed by atoms with Crippen LogP contribution in [0.4, 0.5) is 0 Å². The number of hydrogen-bond acceptors (Lipinski definition) is 5. The lowest BCUT2D eigenvalue weighted by Crippen LogP contribution is -2.55. The molecule has 1 saturated carbocycles. The summed E-state index contributed by atoms with van der Waals surface area (Å²) in [6, 6.07) is 6.00. The molecule has 148 valence electrons. The van der Waals surface area contributed by atoms with Gasteiger partial charge in [0, 0.05) is 38.0 Å². The predicted molar refractivity (Wildman–Crippen MR) is 104 cm³/mol. The van der Waals surface area contributed by atoms with Gasteiger partial charge in [0.05, 0.1) is 23.2 Å². The molecule has 28 heavy (non-hydrogen) atoms. The van der Waals surface area contributed by atoms with Crippen molar-refractivity contribution < 1.29 is 14.3 Å². The van der Waals surface area contributed by atoms with Crippen LogP contribution >= 0.6 is 0 Å². The summed E-state index contributed by atoms with van der Waals surface area (Å²) in [4.78, 5) is 23.7. The van der Waals surface area contributed by atoms with Gasteiger partial charge in [-0.2, -0.15) is 5.10 Å². The minimum Gasteiger partial charge on any atom is -0.490 e. The van der Waals surface area contributed by atoms with E-state index in [2.05, 4.69) is 15.7 Å². The maximum Gasteiger partial charge on any atom is 0.235 e. The van der Waals surface area contributed by atoms with Crippen molar-refractivity contribution in [2.45, 2.75) is 50.5 Å².